The fraction of sp³-hybridized carbons (Fsp3) is 0.259. The largest absolute Gasteiger partial charge is 0.302 e. The molecule has 2 aromatic heterocycles. The Morgan fingerprint density at radius 2 is 1.54 bits per heavy atom. The van der Waals surface area contributed by atoms with Gasteiger partial charge in [-0.15, -0.1) is 23.7 Å². The molecule has 0 amide bonds. The predicted octanol–water partition coefficient (Wildman–Crippen LogP) is 5.90. The summed E-state index contributed by atoms with van der Waals surface area (Å²) in [5, 5.41) is 1.88. The molecular weight excluding hydrogens is 488 g/mol. The zero-order valence-electron chi connectivity index (χ0n) is 19.3. The topological polar surface area (TPSA) is 37.6 Å². The molecule has 0 saturated carbocycles. The molecular formula is C27H26ClF2N3OS. The first kappa shape index (κ1) is 25.2. The Balaban J connectivity index is 0.00000289. The molecule has 0 atom stereocenters. The van der Waals surface area contributed by atoms with Crippen LogP contribution in [0.2, 0.25) is 0 Å². The lowest BCUT2D eigenvalue weighted by molar-refractivity contribution is 0.259. The summed E-state index contributed by atoms with van der Waals surface area (Å²) < 4.78 is 28.7. The minimum atomic E-state index is -0.275. The number of piperidine rings is 1. The zero-order chi connectivity index (χ0) is 23.7. The molecule has 4 aromatic rings. The highest BCUT2D eigenvalue weighted by Crippen LogP contribution is 2.32. The van der Waals surface area contributed by atoms with Crippen molar-refractivity contribution in [3.8, 4) is 0 Å². The highest BCUT2D eigenvalue weighted by Gasteiger charge is 2.20. The van der Waals surface area contributed by atoms with Crippen LogP contribution in [0.25, 0.3) is 10.5 Å². The van der Waals surface area contributed by atoms with E-state index in [1.807, 2.05) is 12.3 Å². The maximum Gasteiger partial charge on any atom is 0.261 e. The maximum atomic E-state index is 13.5. The van der Waals surface area contributed by atoms with Gasteiger partial charge in [0, 0.05) is 42.5 Å². The van der Waals surface area contributed by atoms with Crippen molar-refractivity contribution in [3.63, 3.8) is 0 Å². The van der Waals surface area contributed by atoms with E-state index in [1.54, 1.807) is 34.9 Å². The summed E-state index contributed by atoms with van der Waals surface area (Å²) in [6, 6.07) is 13.0. The quantitative estimate of drug-likeness (QED) is 0.333. The van der Waals surface area contributed by atoms with E-state index in [2.05, 4.69) is 9.88 Å². The fourth-order valence-electron chi connectivity index (χ4n) is 4.68. The SMILES string of the molecule is Cc1nc2sccn2c(=O)c1CCN1CCC(=C(c2ccc(F)cc2)c2ccc(F)cc2)CC1.Cl. The number of nitrogens with zero attached hydrogens (tertiary/aromatic N) is 3. The van der Waals surface area contributed by atoms with Crippen LogP contribution in [0.1, 0.15) is 35.2 Å². The van der Waals surface area contributed by atoms with Crippen LogP contribution in [0, 0.1) is 18.6 Å². The Hall–Kier alpha value is -2.87. The number of hydrogen-bond donors (Lipinski definition) is 0. The number of thiazole rings is 1. The van der Waals surface area contributed by atoms with E-state index in [-0.39, 0.29) is 29.6 Å². The second-order valence-corrected chi connectivity index (χ2v) is 9.49. The Bertz CT molecular complexity index is 1350. The molecule has 1 aliphatic heterocycles. The molecule has 0 radical (unpaired) electrons. The third kappa shape index (κ3) is 5.37. The fourth-order valence-corrected chi connectivity index (χ4v) is 5.43. The molecule has 0 N–H and O–H groups in total. The van der Waals surface area contributed by atoms with Gasteiger partial charge >= 0.3 is 0 Å². The number of benzene rings is 2. The van der Waals surface area contributed by atoms with Gasteiger partial charge in [-0.05, 0) is 67.2 Å². The number of halogens is 3. The number of aryl methyl sites for hydroxylation is 1. The standard InChI is InChI=1S/C27H25F2N3OS.ClH/c1-18-24(26(33)32-16-17-34-27(32)30-18)12-15-31-13-10-21(11-14-31)25(19-2-6-22(28)7-3-19)20-4-8-23(29)9-5-20;/h2-9,16-17H,10-15H2,1H3;1H. The van der Waals surface area contributed by atoms with Gasteiger partial charge in [0.15, 0.2) is 4.96 Å². The maximum absolute atomic E-state index is 13.5. The summed E-state index contributed by atoms with van der Waals surface area (Å²) in [5.41, 5.74) is 5.82. The van der Waals surface area contributed by atoms with Crippen LogP contribution in [-0.4, -0.2) is 33.9 Å². The number of fused-ring (bicyclic) bond motifs is 1. The van der Waals surface area contributed by atoms with Crippen molar-refractivity contribution >= 4 is 34.3 Å². The summed E-state index contributed by atoms with van der Waals surface area (Å²) in [5.74, 6) is -0.549. The predicted molar refractivity (Wildman–Crippen MR) is 140 cm³/mol. The summed E-state index contributed by atoms with van der Waals surface area (Å²) in [7, 11) is 0. The van der Waals surface area contributed by atoms with E-state index in [9.17, 15) is 13.6 Å². The van der Waals surface area contributed by atoms with Crippen LogP contribution >= 0.6 is 23.7 Å². The van der Waals surface area contributed by atoms with Gasteiger partial charge in [-0.2, -0.15) is 0 Å². The van der Waals surface area contributed by atoms with Crippen LogP contribution < -0.4 is 5.56 Å². The zero-order valence-corrected chi connectivity index (χ0v) is 21.0. The molecule has 8 heteroatoms. The molecule has 0 bridgehead atoms. The monoisotopic (exact) mass is 513 g/mol. The molecule has 1 saturated heterocycles. The van der Waals surface area contributed by atoms with Gasteiger partial charge < -0.3 is 4.90 Å². The van der Waals surface area contributed by atoms with Gasteiger partial charge in [-0.3, -0.25) is 9.20 Å². The molecule has 0 spiro atoms. The third-order valence-corrected chi connectivity index (χ3v) is 7.28. The van der Waals surface area contributed by atoms with Gasteiger partial charge in [-0.1, -0.05) is 29.8 Å². The molecule has 3 heterocycles. The molecule has 5 rings (SSSR count). The molecule has 4 nitrogen and oxygen atoms in total. The van der Waals surface area contributed by atoms with Gasteiger partial charge in [-0.25, -0.2) is 13.8 Å². The highest BCUT2D eigenvalue weighted by atomic mass is 35.5. The van der Waals surface area contributed by atoms with Crippen molar-refractivity contribution in [2.75, 3.05) is 19.6 Å². The van der Waals surface area contributed by atoms with E-state index in [1.165, 1.54) is 41.2 Å². The van der Waals surface area contributed by atoms with Crippen LogP contribution in [-0.2, 0) is 6.42 Å². The lowest BCUT2D eigenvalue weighted by atomic mass is 9.88. The lowest BCUT2D eigenvalue weighted by Crippen LogP contribution is -2.34. The van der Waals surface area contributed by atoms with Crippen LogP contribution in [0.15, 0.2) is 70.5 Å². The van der Waals surface area contributed by atoms with Crippen molar-refractivity contribution in [2.24, 2.45) is 0 Å². The Morgan fingerprint density at radius 1 is 0.971 bits per heavy atom. The first-order valence-electron chi connectivity index (χ1n) is 11.4. The molecule has 0 aliphatic carbocycles. The number of hydrogen-bond acceptors (Lipinski definition) is 4. The Morgan fingerprint density at radius 3 is 2.11 bits per heavy atom. The van der Waals surface area contributed by atoms with Crippen LogP contribution in [0.3, 0.4) is 0 Å². The van der Waals surface area contributed by atoms with Crippen molar-refractivity contribution in [3.05, 3.63) is 110 Å². The number of likely N-dealkylation sites (tertiary alicyclic amines) is 1. The van der Waals surface area contributed by atoms with E-state index >= 15 is 0 Å². The second-order valence-electron chi connectivity index (χ2n) is 8.62. The van der Waals surface area contributed by atoms with E-state index in [0.717, 1.165) is 65.4 Å². The first-order chi connectivity index (χ1) is 16.5. The lowest BCUT2D eigenvalue weighted by Gasteiger charge is -2.30. The molecule has 0 unspecified atom stereocenters. The van der Waals surface area contributed by atoms with Gasteiger partial charge in [0.1, 0.15) is 11.6 Å². The van der Waals surface area contributed by atoms with E-state index < -0.39 is 0 Å². The van der Waals surface area contributed by atoms with Crippen molar-refractivity contribution in [1.29, 1.82) is 0 Å². The summed E-state index contributed by atoms with van der Waals surface area (Å²) in [6.07, 6.45) is 4.18. The molecule has 182 valence electrons. The first-order valence-corrected chi connectivity index (χ1v) is 12.3. The van der Waals surface area contributed by atoms with Crippen molar-refractivity contribution in [1.82, 2.24) is 14.3 Å². The smallest absolute Gasteiger partial charge is 0.261 e. The van der Waals surface area contributed by atoms with Gasteiger partial charge in [0.05, 0.1) is 0 Å². The van der Waals surface area contributed by atoms with Gasteiger partial charge in [0.2, 0.25) is 0 Å². The van der Waals surface area contributed by atoms with Crippen LogP contribution in [0.5, 0.6) is 0 Å². The van der Waals surface area contributed by atoms with Crippen molar-refractivity contribution in [2.45, 2.75) is 26.2 Å². The molecule has 35 heavy (non-hydrogen) atoms. The molecule has 1 aliphatic rings. The number of rotatable bonds is 5. The molecule has 2 aromatic carbocycles. The third-order valence-electron chi connectivity index (χ3n) is 6.52. The van der Waals surface area contributed by atoms with E-state index in [4.69, 9.17) is 0 Å². The Kier molecular flexibility index (Phi) is 7.79. The van der Waals surface area contributed by atoms with E-state index in [0.29, 0.717) is 6.42 Å². The second kappa shape index (κ2) is 10.8. The molecule has 1 fully saturated rings. The summed E-state index contributed by atoms with van der Waals surface area (Å²) >= 11 is 1.47. The minimum absolute atomic E-state index is 0. The van der Waals surface area contributed by atoms with Crippen molar-refractivity contribution < 1.29 is 8.78 Å². The summed E-state index contributed by atoms with van der Waals surface area (Å²) in [6.45, 7) is 4.44. The number of aromatic nitrogens is 2. The normalized spacial score (nSPS) is 14.2. The van der Waals surface area contributed by atoms with Gasteiger partial charge in [0.25, 0.3) is 5.56 Å². The van der Waals surface area contributed by atoms with Crippen LogP contribution in [0.4, 0.5) is 8.78 Å². The Labute approximate surface area is 213 Å². The summed E-state index contributed by atoms with van der Waals surface area (Å²) in [4.78, 5) is 20.5. The minimum Gasteiger partial charge on any atom is -0.302 e. The highest BCUT2D eigenvalue weighted by molar-refractivity contribution is 7.15. The average Bonchev–Trinajstić information content (AvgIpc) is 3.31. The average molecular weight is 514 g/mol.